The summed E-state index contributed by atoms with van der Waals surface area (Å²) in [5, 5.41) is -0.0873. The minimum Gasteiger partial charge on any atom is -0.416 e. The van der Waals surface area contributed by atoms with Crippen LogP contribution in [-0.4, -0.2) is 18.2 Å². The fraction of sp³-hybridized carbons (Fsp3) is 0.273. The first-order valence-electron chi connectivity index (χ1n) is 4.52. The average molecular weight is 245 g/mol. The summed E-state index contributed by atoms with van der Waals surface area (Å²) in [7, 11) is 0. The lowest BCUT2D eigenvalue weighted by molar-refractivity contribution is -0.172. The quantitative estimate of drug-likeness (QED) is 0.423. The number of esters is 2. The fourth-order valence-electron chi connectivity index (χ4n) is 0.714. The summed E-state index contributed by atoms with van der Waals surface area (Å²) >= 11 is 5.54. The van der Waals surface area contributed by atoms with Crippen molar-refractivity contribution in [3.05, 3.63) is 35.9 Å². The van der Waals surface area contributed by atoms with Crippen LogP contribution < -0.4 is 0 Å². The normalized spacial score (nSPS) is 11.0. The van der Waals surface area contributed by atoms with E-state index in [0.29, 0.717) is 0 Å². The molecule has 0 atom stereocenters. The summed E-state index contributed by atoms with van der Waals surface area (Å²) < 4.78 is 9.47. The zero-order valence-corrected chi connectivity index (χ0v) is 9.86. The summed E-state index contributed by atoms with van der Waals surface area (Å²) in [6.07, 6.45) is 4.05. The highest BCUT2D eigenvalue weighted by Crippen LogP contribution is 2.12. The highest BCUT2D eigenvalue weighted by molar-refractivity contribution is 6.29. The number of allylic oxidation sites excluding steroid dienone is 2. The van der Waals surface area contributed by atoms with Crippen LogP contribution in [0.4, 0.5) is 0 Å². The number of hydrogen-bond acceptors (Lipinski definition) is 4. The van der Waals surface area contributed by atoms with Crippen LogP contribution in [0.1, 0.15) is 13.8 Å². The molecular formula is C11H13ClO4. The largest absolute Gasteiger partial charge is 0.416 e. The Hall–Kier alpha value is -1.55. The van der Waals surface area contributed by atoms with Crippen molar-refractivity contribution in [2.75, 3.05) is 0 Å². The zero-order valence-electron chi connectivity index (χ0n) is 9.10. The molecular weight excluding hydrogens is 232 g/mol. The second kappa shape index (κ2) is 7.70. The third-order valence-electron chi connectivity index (χ3n) is 1.31. The van der Waals surface area contributed by atoms with Crippen LogP contribution >= 0.6 is 11.6 Å². The Balaban J connectivity index is 4.45. The molecule has 4 nitrogen and oxygen atoms in total. The van der Waals surface area contributed by atoms with Crippen molar-refractivity contribution in [1.29, 1.82) is 0 Å². The monoisotopic (exact) mass is 244 g/mol. The van der Waals surface area contributed by atoms with Crippen LogP contribution in [0.3, 0.4) is 0 Å². The van der Waals surface area contributed by atoms with Gasteiger partial charge in [0.15, 0.2) is 0 Å². The van der Waals surface area contributed by atoms with Gasteiger partial charge in [-0.2, -0.15) is 0 Å². The van der Waals surface area contributed by atoms with Gasteiger partial charge < -0.3 is 9.47 Å². The van der Waals surface area contributed by atoms with Gasteiger partial charge in [0, 0.05) is 12.2 Å². The van der Waals surface area contributed by atoms with Gasteiger partial charge in [-0.25, -0.2) is 9.59 Å². The molecule has 0 bridgehead atoms. The first-order valence-corrected chi connectivity index (χ1v) is 4.90. The molecule has 88 valence electrons. The molecule has 0 unspecified atom stereocenters. The topological polar surface area (TPSA) is 52.6 Å². The molecule has 0 aromatic rings. The second-order valence-electron chi connectivity index (χ2n) is 2.65. The molecule has 0 saturated carbocycles. The Kier molecular flexibility index (Phi) is 6.96. The maximum atomic E-state index is 11.1. The average Bonchev–Trinajstić information content (AvgIpc) is 2.17. The van der Waals surface area contributed by atoms with Gasteiger partial charge in [0.2, 0.25) is 0 Å². The lowest BCUT2D eigenvalue weighted by atomic mass is 10.5. The van der Waals surface area contributed by atoms with Crippen LogP contribution in [0.5, 0.6) is 0 Å². The molecule has 0 aromatic carbocycles. The number of carbonyl (C=O) groups is 2. The summed E-state index contributed by atoms with van der Waals surface area (Å²) in [5.74, 6) is -1.33. The predicted octanol–water partition coefficient (Wildman–Crippen LogP) is 2.30. The first kappa shape index (κ1) is 14.5. The summed E-state index contributed by atoms with van der Waals surface area (Å²) in [5.41, 5.74) is 0. The fourth-order valence-corrected chi connectivity index (χ4v) is 0.803. The lowest BCUT2D eigenvalue weighted by Gasteiger charge is -2.14. The Bertz CT molecular complexity index is 305. The van der Waals surface area contributed by atoms with E-state index >= 15 is 0 Å². The standard InChI is InChI=1S/C11H13ClO4/c1-4-6-9(13)15-11(8(3)12)16-10(14)7-5-2/h4-7,11H,3H2,1-2H3/b6-4+,7-5+. The molecule has 0 spiro atoms. The van der Waals surface area contributed by atoms with Crippen molar-refractivity contribution >= 4 is 23.5 Å². The Morgan fingerprint density at radius 1 is 1.12 bits per heavy atom. The molecule has 0 amide bonds. The molecule has 0 aromatic heterocycles. The van der Waals surface area contributed by atoms with E-state index in [1.165, 1.54) is 24.3 Å². The van der Waals surface area contributed by atoms with Gasteiger partial charge in [-0.3, -0.25) is 0 Å². The van der Waals surface area contributed by atoms with E-state index in [0.717, 1.165) is 0 Å². The first-order chi connectivity index (χ1) is 7.51. The van der Waals surface area contributed by atoms with Gasteiger partial charge in [0.1, 0.15) is 0 Å². The highest BCUT2D eigenvalue weighted by Gasteiger charge is 2.18. The van der Waals surface area contributed by atoms with Gasteiger partial charge in [-0.1, -0.05) is 30.3 Å². The van der Waals surface area contributed by atoms with Crippen LogP contribution in [0.2, 0.25) is 0 Å². The summed E-state index contributed by atoms with van der Waals surface area (Å²) in [6, 6.07) is 0. The SMILES string of the molecule is C=C(Cl)C(OC(=O)/C=C/C)OC(=O)/C=C/C. The van der Waals surface area contributed by atoms with Crippen LogP contribution in [0, 0.1) is 0 Å². The van der Waals surface area contributed by atoms with E-state index in [1.807, 2.05) is 0 Å². The zero-order chi connectivity index (χ0) is 12.6. The molecule has 0 heterocycles. The number of carbonyl (C=O) groups excluding carboxylic acids is 2. The van der Waals surface area contributed by atoms with Crippen LogP contribution in [0.15, 0.2) is 35.9 Å². The highest BCUT2D eigenvalue weighted by atomic mass is 35.5. The molecule has 0 radical (unpaired) electrons. The van der Waals surface area contributed by atoms with Crippen molar-refractivity contribution in [3.63, 3.8) is 0 Å². The van der Waals surface area contributed by atoms with Gasteiger partial charge in [0.05, 0.1) is 5.03 Å². The minimum atomic E-state index is -1.28. The number of ether oxygens (including phenoxy) is 2. The van der Waals surface area contributed by atoms with E-state index in [9.17, 15) is 9.59 Å². The van der Waals surface area contributed by atoms with Crippen LogP contribution in [-0.2, 0) is 19.1 Å². The van der Waals surface area contributed by atoms with Crippen molar-refractivity contribution in [3.8, 4) is 0 Å². The Morgan fingerprint density at radius 2 is 1.50 bits per heavy atom. The third-order valence-corrected chi connectivity index (χ3v) is 1.49. The van der Waals surface area contributed by atoms with E-state index < -0.39 is 18.2 Å². The molecule has 0 saturated heterocycles. The van der Waals surface area contributed by atoms with Crippen molar-refractivity contribution in [2.24, 2.45) is 0 Å². The van der Waals surface area contributed by atoms with Crippen molar-refractivity contribution in [2.45, 2.75) is 20.1 Å². The van der Waals surface area contributed by atoms with Gasteiger partial charge >= 0.3 is 11.9 Å². The third kappa shape index (κ3) is 6.03. The molecule has 0 rings (SSSR count). The number of rotatable bonds is 5. The minimum absolute atomic E-state index is 0.0873. The Labute approximate surface area is 99.2 Å². The van der Waals surface area contributed by atoms with Crippen LogP contribution in [0.25, 0.3) is 0 Å². The smallest absolute Gasteiger partial charge is 0.333 e. The van der Waals surface area contributed by atoms with E-state index in [-0.39, 0.29) is 5.03 Å². The van der Waals surface area contributed by atoms with Crippen molar-refractivity contribution < 1.29 is 19.1 Å². The molecule has 0 aliphatic rings. The maximum absolute atomic E-state index is 11.1. The molecule has 0 aliphatic carbocycles. The van der Waals surface area contributed by atoms with E-state index in [4.69, 9.17) is 21.1 Å². The maximum Gasteiger partial charge on any atom is 0.333 e. The van der Waals surface area contributed by atoms with Gasteiger partial charge in [0.25, 0.3) is 6.29 Å². The summed E-state index contributed by atoms with van der Waals surface area (Å²) in [6.45, 7) is 6.65. The van der Waals surface area contributed by atoms with Crippen molar-refractivity contribution in [1.82, 2.24) is 0 Å². The molecule has 0 N–H and O–H groups in total. The predicted molar refractivity (Wildman–Crippen MR) is 60.6 cm³/mol. The van der Waals surface area contributed by atoms with E-state index in [1.54, 1.807) is 13.8 Å². The number of halogens is 1. The second-order valence-corrected chi connectivity index (χ2v) is 3.14. The van der Waals surface area contributed by atoms with Gasteiger partial charge in [-0.05, 0) is 13.8 Å². The van der Waals surface area contributed by atoms with E-state index in [2.05, 4.69) is 6.58 Å². The number of hydrogen-bond donors (Lipinski definition) is 0. The molecule has 0 fully saturated rings. The lowest BCUT2D eigenvalue weighted by Crippen LogP contribution is -2.23. The molecule has 0 aliphatic heterocycles. The Morgan fingerprint density at radius 3 is 1.75 bits per heavy atom. The molecule has 5 heteroatoms. The van der Waals surface area contributed by atoms with Gasteiger partial charge in [-0.15, -0.1) is 0 Å². The summed E-state index contributed by atoms with van der Waals surface area (Å²) in [4.78, 5) is 22.2. The molecule has 16 heavy (non-hydrogen) atoms.